The summed E-state index contributed by atoms with van der Waals surface area (Å²) in [4.78, 5) is 8.62. The lowest BCUT2D eigenvalue weighted by Gasteiger charge is -2.12. The molecule has 1 heterocycles. The fourth-order valence-electron chi connectivity index (χ4n) is 2.60. The van der Waals surface area contributed by atoms with E-state index in [2.05, 4.69) is 15.3 Å². The second-order valence-corrected chi connectivity index (χ2v) is 6.15. The van der Waals surface area contributed by atoms with Crippen molar-refractivity contribution in [3.8, 4) is 17.2 Å². The predicted octanol–water partition coefficient (Wildman–Crippen LogP) is 4.22. The number of benzene rings is 2. The van der Waals surface area contributed by atoms with Crippen LogP contribution in [0.1, 0.15) is 11.3 Å². The molecule has 0 spiro atoms. The summed E-state index contributed by atoms with van der Waals surface area (Å²) >= 11 is 0. The van der Waals surface area contributed by atoms with E-state index in [0.717, 1.165) is 17.0 Å². The monoisotopic (exact) mass is 520 g/mol. The highest BCUT2D eigenvalue weighted by Gasteiger charge is 2.06. The van der Waals surface area contributed by atoms with Gasteiger partial charge in [-0.25, -0.2) is 4.99 Å². The van der Waals surface area contributed by atoms with Gasteiger partial charge in [-0.2, -0.15) is 0 Å². The Balaban J connectivity index is 0.00000320. The minimum absolute atomic E-state index is 0. The number of anilines is 1. The van der Waals surface area contributed by atoms with Crippen molar-refractivity contribution < 1.29 is 14.2 Å². The summed E-state index contributed by atoms with van der Waals surface area (Å²) in [5, 5.41) is 3.05. The molecule has 0 aliphatic heterocycles. The molecule has 3 aromatic rings. The highest BCUT2D eigenvalue weighted by Crippen LogP contribution is 2.28. The largest absolute Gasteiger partial charge is 0.497 e. The molecule has 0 fully saturated rings. The molecule has 158 valence electrons. The van der Waals surface area contributed by atoms with E-state index in [4.69, 9.17) is 19.9 Å². The normalized spacial score (nSPS) is 10.7. The highest BCUT2D eigenvalue weighted by molar-refractivity contribution is 14.0. The number of halogens is 1. The van der Waals surface area contributed by atoms with Gasteiger partial charge in [0.2, 0.25) is 0 Å². The van der Waals surface area contributed by atoms with Crippen LogP contribution in [0.15, 0.2) is 71.9 Å². The zero-order chi connectivity index (χ0) is 20.5. The third-order valence-corrected chi connectivity index (χ3v) is 4.14. The first-order valence-electron chi connectivity index (χ1n) is 9.08. The molecule has 0 aliphatic rings. The summed E-state index contributed by atoms with van der Waals surface area (Å²) in [5.41, 5.74) is 8.60. The standard InChI is InChI=1S/C22H24N4O3.HI/c1-27-19-10-11-21(28-2)20(13-19)26-22(23)25-14-16-6-8-18(9-7-16)29-15-17-5-3-4-12-24-17;/h3-13H,14-15H2,1-2H3,(H3,23,25,26);1H. The van der Waals surface area contributed by atoms with Crippen molar-refractivity contribution in [2.45, 2.75) is 13.2 Å². The lowest BCUT2D eigenvalue weighted by atomic mass is 10.2. The lowest BCUT2D eigenvalue weighted by molar-refractivity contribution is 0.301. The van der Waals surface area contributed by atoms with Gasteiger partial charge in [0.25, 0.3) is 0 Å². The van der Waals surface area contributed by atoms with Gasteiger partial charge in [-0.1, -0.05) is 18.2 Å². The number of guanidine groups is 1. The number of ether oxygens (including phenoxy) is 3. The number of methoxy groups -OCH3 is 2. The molecule has 0 bridgehead atoms. The fraction of sp³-hybridized carbons (Fsp3) is 0.182. The Bertz CT molecular complexity index is 950. The number of nitrogens with two attached hydrogens (primary N) is 1. The number of nitrogens with zero attached hydrogens (tertiary/aromatic N) is 2. The van der Waals surface area contributed by atoms with Crippen molar-refractivity contribution in [3.63, 3.8) is 0 Å². The molecule has 0 saturated carbocycles. The van der Waals surface area contributed by atoms with E-state index in [1.54, 1.807) is 32.5 Å². The Morgan fingerprint density at radius 2 is 1.77 bits per heavy atom. The second-order valence-electron chi connectivity index (χ2n) is 6.15. The molecule has 3 rings (SSSR count). The predicted molar refractivity (Wildman–Crippen MR) is 129 cm³/mol. The average molecular weight is 520 g/mol. The summed E-state index contributed by atoms with van der Waals surface area (Å²) in [7, 11) is 3.20. The van der Waals surface area contributed by atoms with Crippen molar-refractivity contribution in [1.29, 1.82) is 0 Å². The number of pyridine rings is 1. The Labute approximate surface area is 193 Å². The summed E-state index contributed by atoms with van der Waals surface area (Å²) in [5.74, 6) is 2.41. The molecular formula is C22H25IN4O3. The molecule has 7 nitrogen and oxygen atoms in total. The summed E-state index contributed by atoms with van der Waals surface area (Å²) in [6.07, 6.45) is 1.75. The fourth-order valence-corrected chi connectivity index (χ4v) is 2.60. The van der Waals surface area contributed by atoms with E-state index in [1.807, 2.05) is 48.5 Å². The Morgan fingerprint density at radius 3 is 2.43 bits per heavy atom. The maximum Gasteiger partial charge on any atom is 0.193 e. The van der Waals surface area contributed by atoms with Gasteiger partial charge in [-0.15, -0.1) is 24.0 Å². The second kappa shape index (κ2) is 11.9. The van der Waals surface area contributed by atoms with Crippen LogP contribution in [0.2, 0.25) is 0 Å². The van der Waals surface area contributed by atoms with E-state index >= 15 is 0 Å². The van der Waals surface area contributed by atoms with Gasteiger partial charge in [0.05, 0.1) is 32.1 Å². The van der Waals surface area contributed by atoms with Crippen LogP contribution in [-0.2, 0) is 13.2 Å². The molecule has 1 aromatic heterocycles. The lowest BCUT2D eigenvalue weighted by Crippen LogP contribution is -2.23. The Morgan fingerprint density at radius 1 is 1.00 bits per heavy atom. The maximum atomic E-state index is 6.02. The van der Waals surface area contributed by atoms with E-state index < -0.39 is 0 Å². The van der Waals surface area contributed by atoms with Gasteiger partial charge < -0.3 is 25.3 Å². The number of hydrogen-bond donors (Lipinski definition) is 2. The van der Waals surface area contributed by atoms with Crippen molar-refractivity contribution in [3.05, 3.63) is 78.1 Å². The zero-order valence-electron chi connectivity index (χ0n) is 16.9. The van der Waals surface area contributed by atoms with Crippen LogP contribution >= 0.6 is 24.0 Å². The topological polar surface area (TPSA) is 91.0 Å². The minimum atomic E-state index is 0. The number of rotatable bonds is 8. The minimum Gasteiger partial charge on any atom is -0.497 e. The van der Waals surface area contributed by atoms with Crippen molar-refractivity contribution in [2.24, 2.45) is 10.7 Å². The summed E-state index contributed by atoms with van der Waals surface area (Å²) in [6, 6.07) is 18.9. The van der Waals surface area contributed by atoms with Gasteiger partial charge >= 0.3 is 0 Å². The Hall–Kier alpha value is -3.01. The first-order chi connectivity index (χ1) is 14.2. The molecule has 3 N–H and O–H groups in total. The molecule has 0 saturated heterocycles. The van der Waals surface area contributed by atoms with Gasteiger partial charge in [-0.05, 0) is 42.0 Å². The summed E-state index contributed by atoms with van der Waals surface area (Å²) in [6.45, 7) is 0.864. The molecule has 2 aromatic carbocycles. The van der Waals surface area contributed by atoms with Crippen molar-refractivity contribution >= 4 is 35.6 Å². The van der Waals surface area contributed by atoms with Crippen LogP contribution in [0.4, 0.5) is 5.69 Å². The molecule has 0 unspecified atom stereocenters. The third-order valence-electron chi connectivity index (χ3n) is 4.14. The van der Waals surface area contributed by atoms with Gasteiger partial charge in [0, 0.05) is 12.3 Å². The van der Waals surface area contributed by atoms with Crippen LogP contribution in [-0.4, -0.2) is 25.2 Å². The SMILES string of the molecule is COc1ccc(OC)c(NC(N)=NCc2ccc(OCc3ccccn3)cc2)c1.I. The molecule has 8 heteroatoms. The van der Waals surface area contributed by atoms with Crippen molar-refractivity contribution in [1.82, 2.24) is 4.98 Å². The van der Waals surface area contributed by atoms with Crippen LogP contribution in [0.3, 0.4) is 0 Å². The number of nitrogens with one attached hydrogen (secondary N) is 1. The van der Waals surface area contributed by atoms with Crippen LogP contribution in [0.25, 0.3) is 0 Å². The van der Waals surface area contributed by atoms with Gasteiger partial charge in [-0.3, -0.25) is 4.98 Å². The molecule has 30 heavy (non-hydrogen) atoms. The molecular weight excluding hydrogens is 495 g/mol. The quantitative estimate of drug-likeness (QED) is 0.263. The smallest absolute Gasteiger partial charge is 0.193 e. The van der Waals surface area contributed by atoms with E-state index in [9.17, 15) is 0 Å². The highest BCUT2D eigenvalue weighted by atomic mass is 127. The first-order valence-corrected chi connectivity index (χ1v) is 9.08. The third kappa shape index (κ3) is 6.80. The number of hydrogen-bond acceptors (Lipinski definition) is 5. The molecule has 0 aliphatic carbocycles. The van der Waals surface area contributed by atoms with E-state index in [0.29, 0.717) is 30.3 Å². The number of aromatic nitrogens is 1. The Kier molecular flexibility index (Phi) is 9.20. The molecule has 0 amide bonds. The average Bonchev–Trinajstić information content (AvgIpc) is 2.77. The summed E-state index contributed by atoms with van der Waals surface area (Å²) < 4.78 is 16.3. The molecule has 0 radical (unpaired) electrons. The van der Waals surface area contributed by atoms with E-state index in [1.165, 1.54) is 0 Å². The van der Waals surface area contributed by atoms with Crippen LogP contribution in [0.5, 0.6) is 17.2 Å². The van der Waals surface area contributed by atoms with Crippen LogP contribution in [0, 0.1) is 0 Å². The molecule has 0 atom stereocenters. The number of aliphatic imine (C=N–C) groups is 1. The van der Waals surface area contributed by atoms with Crippen molar-refractivity contribution in [2.75, 3.05) is 19.5 Å². The zero-order valence-corrected chi connectivity index (χ0v) is 19.2. The van der Waals surface area contributed by atoms with E-state index in [-0.39, 0.29) is 29.9 Å². The maximum absolute atomic E-state index is 6.02. The van der Waals surface area contributed by atoms with Gasteiger partial charge in [0.1, 0.15) is 23.9 Å². The first kappa shape index (κ1) is 23.3. The van der Waals surface area contributed by atoms with Crippen LogP contribution < -0.4 is 25.3 Å². The van der Waals surface area contributed by atoms with Gasteiger partial charge in [0.15, 0.2) is 5.96 Å².